The van der Waals surface area contributed by atoms with E-state index in [4.69, 9.17) is 4.42 Å². The maximum atomic E-state index is 12.5. The molecule has 6 nitrogen and oxygen atoms in total. The standard InChI is InChI=1S/C23H22N4O2S/c28-20(26-17-10-11-27(13-17)12-16-6-2-1-3-7-16)14-30-23-22-21(24-15-25-23)18-8-4-5-9-19(18)29-22/h1-9,15,17H,10-14H2,(H,26,28)/t17-/m0/s1. The highest BCUT2D eigenvalue weighted by molar-refractivity contribution is 8.00. The second-order valence-corrected chi connectivity index (χ2v) is 8.48. The quantitative estimate of drug-likeness (QED) is 0.379. The Morgan fingerprint density at radius 2 is 1.97 bits per heavy atom. The Labute approximate surface area is 178 Å². The van der Waals surface area contributed by atoms with Gasteiger partial charge in [-0.25, -0.2) is 9.97 Å². The number of carbonyl (C=O) groups is 1. The van der Waals surface area contributed by atoms with Crippen LogP contribution in [0.2, 0.25) is 0 Å². The summed E-state index contributed by atoms with van der Waals surface area (Å²) < 4.78 is 5.94. The Hall–Kier alpha value is -2.90. The zero-order valence-corrected chi connectivity index (χ0v) is 17.3. The molecule has 1 fully saturated rings. The van der Waals surface area contributed by atoms with Crippen LogP contribution in [-0.4, -0.2) is 45.7 Å². The van der Waals surface area contributed by atoms with E-state index in [1.165, 1.54) is 23.7 Å². The fourth-order valence-corrected chi connectivity index (χ4v) is 4.69. The molecule has 1 atom stereocenters. The fraction of sp³-hybridized carbons (Fsp3) is 0.261. The molecule has 1 N–H and O–H groups in total. The third-order valence-electron chi connectivity index (χ3n) is 5.35. The third-order valence-corrected chi connectivity index (χ3v) is 6.32. The van der Waals surface area contributed by atoms with Crippen LogP contribution in [0, 0.1) is 0 Å². The zero-order valence-electron chi connectivity index (χ0n) is 16.5. The van der Waals surface area contributed by atoms with Crippen LogP contribution in [0.15, 0.2) is 70.4 Å². The van der Waals surface area contributed by atoms with Gasteiger partial charge in [-0.1, -0.05) is 54.2 Å². The van der Waals surface area contributed by atoms with Gasteiger partial charge in [0.25, 0.3) is 0 Å². The van der Waals surface area contributed by atoms with Crippen LogP contribution in [0.25, 0.3) is 22.1 Å². The summed E-state index contributed by atoms with van der Waals surface area (Å²) in [7, 11) is 0. The Balaban J connectivity index is 1.18. The van der Waals surface area contributed by atoms with Crippen molar-refractivity contribution < 1.29 is 9.21 Å². The van der Waals surface area contributed by atoms with E-state index in [2.05, 4.69) is 44.5 Å². The first-order valence-corrected chi connectivity index (χ1v) is 11.1. The lowest BCUT2D eigenvalue weighted by Gasteiger charge is -2.16. The van der Waals surface area contributed by atoms with Crippen molar-refractivity contribution in [2.24, 2.45) is 0 Å². The Morgan fingerprint density at radius 3 is 2.87 bits per heavy atom. The molecule has 1 amide bonds. The maximum Gasteiger partial charge on any atom is 0.230 e. The first kappa shape index (κ1) is 19.1. The highest BCUT2D eigenvalue weighted by Crippen LogP contribution is 2.32. The molecule has 30 heavy (non-hydrogen) atoms. The summed E-state index contributed by atoms with van der Waals surface area (Å²) in [6, 6.07) is 18.4. The Kier molecular flexibility index (Phi) is 5.38. The van der Waals surface area contributed by atoms with Crippen molar-refractivity contribution in [3.63, 3.8) is 0 Å². The number of hydrogen-bond acceptors (Lipinski definition) is 6. The summed E-state index contributed by atoms with van der Waals surface area (Å²) in [5, 5.41) is 4.83. The molecule has 0 spiro atoms. The van der Waals surface area contributed by atoms with Crippen molar-refractivity contribution in [1.29, 1.82) is 0 Å². The van der Waals surface area contributed by atoms with Crippen LogP contribution in [0.1, 0.15) is 12.0 Å². The van der Waals surface area contributed by atoms with Crippen LogP contribution in [-0.2, 0) is 11.3 Å². The van der Waals surface area contributed by atoms with E-state index in [1.807, 2.05) is 30.3 Å². The molecular formula is C23H22N4O2S. The van der Waals surface area contributed by atoms with Crippen LogP contribution in [0.3, 0.4) is 0 Å². The summed E-state index contributed by atoms with van der Waals surface area (Å²) in [5.74, 6) is 0.327. The molecule has 3 heterocycles. The zero-order chi connectivity index (χ0) is 20.3. The fourth-order valence-electron chi connectivity index (χ4n) is 3.94. The normalized spacial score (nSPS) is 17.0. The number of fused-ring (bicyclic) bond motifs is 3. The Bertz CT molecular complexity index is 1180. The second-order valence-electron chi connectivity index (χ2n) is 7.52. The number of benzene rings is 2. The van der Waals surface area contributed by atoms with Gasteiger partial charge in [0, 0.05) is 31.1 Å². The number of amides is 1. The van der Waals surface area contributed by atoms with Gasteiger partial charge in [-0.05, 0) is 24.1 Å². The number of aromatic nitrogens is 2. The summed E-state index contributed by atoms with van der Waals surface area (Å²) >= 11 is 1.39. The van der Waals surface area contributed by atoms with Gasteiger partial charge in [0.1, 0.15) is 22.5 Å². The molecule has 4 aromatic rings. The number of thioether (sulfide) groups is 1. The molecule has 0 unspecified atom stereocenters. The highest BCUT2D eigenvalue weighted by atomic mass is 32.2. The smallest absolute Gasteiger partial charge is 0.230 e. The summed E-state index contributed by atoms with van der Waals surface area (Å²) in [4.78, 5) is 23.6. The van der Waals surface area contributed by atoms with E-state index < -0.39 is 0 Å². The van der Waals surface area contributed by atoms with Gasteiger partial charge in [-0.15, -0.1) is 0 Å². The van der Waals surface area contributed by atoms with Crippen LogP contribution in [0.5, 0.6) is 0 Å². The predicted molar refractivity (Wildman–Crippen MR) is 118 cm³/mol. The van der Waals surface area contributed by atoms with Crippen LogP contribution < -0.4 is 5.32 Å². The van der Waals surface area contributed by atoms with E-state index in [1.54, 1.807) is 0 Å². The van der Waals surface area contributed by atoms with Gasteiger partial charge < -0.3 is 9.73 Å². The number of carbonyl (C=O) groups excluding carboxylic acids is 1. The molecule has 7 heteroatoms. The first-order chi connectivity index (χ1) is 14.8. The minimum absolute atomic E-state index is 0.0226. The monoisotopic (exact) mass is 418 g/mol. The van der Waals surface area contributed by atoms with E-state index in [-0.39, 0.29) is 11.9 Å². The number of nitrogens with one attached hydrogen (secondary N) is 1. The van der Waals surface area contributed by atoms with Gasteiger partial charge in [-0.3, -0.25) is 9.69 Å². The molecule has 2 aromatic heterocycles. The van der Waals surface area contributed by atoms with Crippen molar-refractivity contribution in [1.82, 2.24) is 20.2 Å². The topological polar surface area (TPSA) is 71.3 Å². The molecule has 152 valence electrons. The number of hydrogen-bond donors (Lipinski definition) is 1. The van der Waals surface area contributed by atoms with E-state index >= 15 is 0 Å². The molecule has 1 aliphatic rings. The minimum atomic E-state index is 0.0226. The molecule has 0 bridgehead atoms. The Morgan fingerprint density at radius 1 is 1.13 bits per heavy atom. The van der Waals surface area contributed by atoms with Crippen molar-refractivity contribution >= 4 is 39.7 Å². The lowest BCUT2D eigenvalue weighted by atomic mass is 10.2. The highest BCUT2D eigenvalue weighted by Gasteiger charge is 2.24. The number of nitrogens with zero attached hydrogens (tertiary/aromatic N) is 3. The molecule has 5 rings (SSSR count). The summed E-state index contributed by atoms with van der Waals surface area (Å²) in [6.45, 7) is 2.80. The van der Waals surface area contributed by atoms with Gasteiger partial charge >= 0.3 is 0 Å². The molecule has 1 saturated heterocycles. The number of furan rings is 1. The molecule has 0 aliphatic carbocycles. The minimum Gasteiger partial charge on any atom is -0.451 e. The number of rotatable bonds is 6. The van der Waals surface area contributed by atoms with Gasteiger partial charge in [-0.2, -0.15) is 0 Å². The van der Waals surface area contributed by atoms with Crippen molar-refractivity contribution in [2.75, 3.05) is 18.8 Å². The average molecular weight is 419 g/mol. The SMILES string of the molecule is O=C(CSc1ncnc2c1oc1ccccc12)N[C@H]1CCN(Cc2ccccc2)C1. The van der Waals surface area contributed by atoms with Gasteiger partial charge in [0.15, 0.2) is 5.58 Å². The number of likely N-dealkylation sites (tertiary alicyclic amines) is 1. The molecular weight excluding hydrogens is 396 g/mol. The first-order valence-electron chi connectivity index (χ1n) is 10.1. The van der Waals surface area contributed by atoms with E-state index in [9.17, 15) is 4.79 Å². The van der Waals surface area contributed by atoms with Gasteiger partial charge in [0.05, 0.1) is 5.75 Å². The van der Waals surface area contributed by atoms with Gasteiger partial charge in [0.2, 0.25) is 5.91 Å². The second kappa shape index (κ2) is 8.45. The molecule has 1 aliphatic heterocycles. The predicted octanol–water partition coefficient (Wildman–Crippen LogP) is 3.86. The van der Waals surface area contributed by atoms with E-state index in [0.717, 1.165) is 42.5 Å². The van der Waals surface area contributed by atoms with Crippen LogP contribution >= 0.6 is 11.8 Å². The van der Waals surface area contributed by atoms with Crippen molar-refractivity contribution in [3.05, 3.63) is 66.5 Å². The third kappa shape index (κ3) is 4.04. The number of para-hydroxylation sites is 1. The van der Waals surface area contributed by atoms with E-state index in [0.29, 0.717) is 16.4 Å². The van der Waals surface area contributed by atoms with Crippen molar-refractivity contribution in [3.8, 4) is 0 Å². The molecule has 0 saturated carbocycles. The lowest BCUT2D eigenvalue weighted by molar-refractivity contribution is -0.119. The lowest BCUT2D eigenvalue weighted by Crippen LogP contribution is -2.38. The maximum absolute atomic E-state index is 12.5. The summed E-state index contributed by atoms with van der Waals surface area (Å²) in [6.07, 6.45) is 2.51. The largest absolute Gasteiger partial charge is 0.451 e. The molecule has 0 radical (unpaired) electrons. The summed E-state index contributed by atoms with van der Waals surface area (Å²) in [5.41, 5.74) is 3.52. The van der Waals surface area contributed by atoms with Crippen LogP contribution in [0.4, 0.5) is 0 Å². The van der Waals surface area contributed by atoms with Crippen molar-refractivity contribution in [2.45, 2.75) is 24.0 Å². The molecule has 2 aromatic carbocycles. The average Bonchev–Trinajstić information content (AvgIpc) is 3.37.